The van der Waals surface area contributed by atoms with Gasteiger partial charge in [0.2, 0.25) is 5.91 Å². The number of benzene rings is 1. The van der Waals surface area contributed by atoms with E-state index in [2.05, 4.69) is 10.6 Å². The first-order valence-corrected chi connectivity index (χ1v) is 5.11. The number of likely N-dealkylation sites (N-methyl/N-ethyl adjacent to an activating group) is 1. The van der Waals surface area contributed by atoms with Gasteiger partial charge in [0, 0.05) is 12.6 Å². The van der Waals surface area contributed by atoms with Gasteiger partial charge in [0.1, 0.15) is 11.5 Å². The number of hydrogen-bond acceptors (Lipinski definition) is 4. The number of phenols is 2. The summed E-state index contributed by atoms with van der Waals surface area (Å²) in [6, 6.07) is 3.61. The highest BCUT2D eigenvalue weighted by Crippen LogP contribution is 2.22. The molecule has 0 saturated heterocycles. The highest BCUT2D eigenvalue weighted by atomic mass is 16.3. The molecule has 1 aromatic rings. The van der Waals surface area contributed by atoms with E-state index in [1.54, 1.807) is 6.92 Å². The fraction of sp³-hybridized carbons (Fsp3) is 0.273. The van der Waals surface area contributed by atoms with Gasteiger partial charge in [-0.15, -0.1) is 0 Å². The third-order valence-corrected chi connectivity index (χ3v) is 2.01. The fourth-order valence-electron chi connectivity index (χ4n) is 1.23. The molecule has 0 saturated carbocycles. The molecule has 6 nitrogen and oxygen atoms in total. The van der Waals surface area contributed by atoms with Crippen LogP contribution in [0.2, 0.25) is 0 Å². The molecule has 0 heterocycles. The van der Waals surface area contributed by atoms with Crippen LogP contribution in [0.4, 0.5) is 0 Å². The largest absolute Gasteiger partial charge is 0.508 e. The van der Waals surface area contributed by atoms with E-state index in [-0.39, 0.29) is 29.5 Å². The van der Waals surface area contributed by atoms with Gasteiger partial charge in [0.25, 0.3) is 5.91 Å². The summed E-state index contributed by atoms with van der Waals surface area (Å²) >= 11 is 0. The zero-order valence-corrected chi connectivity index (χ0v) is 9.36. The van der Waals surface area contributed by atoms with Crippen LogP contribution >= 0.6 is 0 Å². The molecule has 0 aliphatic rings. The highest BCUT2D eigenvalue weighted by molar-refractivity contribution is 5.98. The Labute approximate surface area is 98.3 Å². The van der Waals surface area contributed by atoms with Crippen molar-refractivity contribution >= 4 is 11.8 Å². The molecule has 0 unspecified atom stereocenters. The molecule has 2 amide bonds. The Morgan fingerprint density at radius 3 is 2.53 bits per heavy atom. The SMILES string of the molecule is CCNC(=O)CNC(=O)c1ccc(O)cc1O. The molecule has 1 rings (SSSR count). The van der Waals surface area contributed by atoms with Crippen molar-refractivity contribution in [3.05, 3.63) is 23.8 Å². The van der Waals surface area contributed by atoms with E-state index < -0.39 is 5.91 Å². The lowest BCUT2D eigenvalue weighted by atomic mass is 10.2. The Hall–Kier alpha value is -2.24. The van der Waals surface area contributed by atoms with Crippen LogP contribution < -0.4 is 10.6 Å². The Morgan fingerprint density at radius 1 is 1.24 bits per heavy atom. The molecule has 0 aliphatic heterocycles. The van der Waals surface area contributed by atoms with Gasteiger partial charge in [0.15, 0.2) is 0 Å². The molecule has 4 N–H and O–H groups in total. The molecule has 0 aromatic heterocycles. The number of hydrogen-bond donors (Lipinski definition) is 4. The zero-order chi connectivity index (χ0) is 12.8. The summed E-state index contributed by atoms with van der Waals surface area (Å²) in [5, 5.41) is 23.3. The van der Waals surface area contributed by atoms with E-state index >= 15 is 0 Å². The molecule has 17 heavy (non-hydrogen) atoms. The second-order valence-corrected chi connectivity index (χ2v) is 3.34. The first-order chi connectivity index (χ1) is 8.04. The zero-order valence-electron chi connectivity index (χ0n) is 9.36. The lowest BCUT2D eigenvalue weighted by molar-refractivity contribution is -0.120. The molecule has 0 fully saturated rings. The fourth-order valence-corrected chi connectivity index (χ4v) is 1.23. The molecule has 0 aliphatic carbocycles. The minimum absolute atomic E-state index is 0.00657. The minimum Gasteiger partial charge on any atom is -0.508 e. The van der Waals surface area contributed by atoms with E-state index in [9.17, 15) is 14.7 Å². The summed E-state index contributed by atoms with van der Waals surface area (Å²) in [4.78, 5) is 22.6. The van der Waals surface area contributed by atoms with Crippen LogP contribution in [-0.2, 0) is 4.79 Å². The molecule has 0 bridgehead atoms. The summed E-state index contributed by atoms with van der Waals surface area (Å²) in [6.45, 7) is 2.09. The minimum atomic E-state index is -0.575. The van der Waals surface area contributed by atoms with Crippen molar-refractivity contribution in [2.45, 2.75) is 6.92 Å². The van der Waals surface area contributed by atoms with Crippen LogP contribution in [0.15, 0.2) is 18.2 Å². The van der Waals surface area contributed by atoms with E-state index in [1.165, 1.54) is 12.1 Å². The lowest BCUT2D eigenvalue weighted by Gasteiger charge is -2.07. The van der Waals surface area contributed by atoms with Crippen LogP contribution in [0.1, 0.15) is 17.3 Å². The summed E-state index contributed by atoms with van der Waals surface area (Å²) in [5.41, 5.74) is 0.00657. The van der Waals surface area contributed by atoms with Crippen LogP contribution in [0.25, 0.3) is 0 Å². The molecular weight excluding hydrogens is 224 g/mol. The Morgan fingerprint density at radius 2 is 1.94 bits per heavy atom. The number of aromatic hydroxyl groups is 2. The molecule has 0 spiro atoms. The predicted octanol–water partition coefficient (Wildman–Crippen LogP) is -0.0363. The van der Waals surface area contributed by atoms with Crippen molar-refractivity contribution < 1.29 is 19.8 Å². The van der Waals surface area contributed by atoms with E-state index in [1.807, 2.05) is 0 Å². The number of carbonyl (C=O) groups excluding carboxylic acids is 2. The number of nitrogens with one attached hydrogen (secondary N) is 2. The monoisotopic (exact) mass is 238 g/mol. The second-order valence-electron chi connectivity index (χ2n) is 3.34. The number of phenolic OH excluding ortho intramolecular Hbond substituents is 2. The van der Waals surface area contributed by atoms with Crippen molar-refractivity contribution in [2.24, 2.45) is 0 Å². The smallest absolute Gasteiger partial charge is 0.255 e. The number of rotatable bonds is 4. The van der Waals surface area contributed by atoms with Gasteiger partial charge in [-0.05, 0) is 19.1 Å². The van der Waals surface area contributed by atoms with Crippen molar-refractivity contribution in [1.29, 1.82) is 0 Å². The van der Waals surface area contributed by atoms with Crippen molar-refractivity contribution in [3.8, 4) is 11.5 Å². The first-order valence-electron chi connectivity index (χ1n) is 5.11. The van der Waals surface area contributed by atoms with E-state index in [4.69, 9.17) is 5.11 Å². The predicted molar refractivity (Wildman–Crippen MR) is 60.8 cm³/mol. The first kappa shape index (κ1) is 12.8. The number of amides is 2. The molecule has 92 valence electrons. The molecule has 0 atom stereocenters. The third-order valence-electron chi connectivity index (χ3n) is 2.01. The summed E-state index contributed by atoms with van der Waals surface area (Å²) in [5.74, 6) is -1.35. The maximum absolute atomic E-state index is 11.6. The summed E-state index contributed by atoms with van der Waals surface area (Å²) in [6.07, 6.45) is 0. The van der Waals surface area contributed by atoms with Gasteiger partial charge in [-0.1, -0.05) is 0 Å². The number of carbonyl (C=O) groups is 2. The van der Waals surface area contributed by atoms with Gasteiger partial charge in [0.05, 0.1) is 12.1 Å². The normalized spacial score (nSPS) is 9.71. The van der Waals surface area contributed by atoms with Crippen LogP contribution in [-0.4, -0.2) is 35.1 Å². The van der Waals surface area contributed by atoms with Crippen molar-refractivity contribution in [2.75, 3.05) is 13.1 Å². The average molecular weight is 238 g/mol. The third kappa shape index (κ3) is 3.67. The maximum Gasteiger partial charge on any atom is 0.255 e. The maximum atomic E-state index is 11.6. The molecular formula is C11H14N2O4. The van der Waals surface area contributed by atoms with Crippen molar-refractivity contribution in [3.63, 3.8) is 0 Å². The lowest BCUT2D eigenvalue weighted by Crippen LogP contribution is -2.36. The van der Waals surface area contributed by atoms with Gasteiger partial charge >= 0.3 is 0 Å². The van der Waals surface area contributed by atoms with Crippen LogP contribution in [0.5, 0.6) is 11.5 Å². The van der Waals surface area contributed by atoms with Gasteiger partial charge in [-0.3, -0.25) is 9.59 Å². The van der Waals surface area contributed by atoms with Gasteiger partial charge < -0.3 is 20.8 Å². The molecule has 1 aromatic carbocycles. The Kier molecular flexibility index (Phi) is 4.33. The van der Waals surface area contributed by atoms with Gasteiger partial charge in [-0.25, -0.2) is 0 Å². The van der Waals surface area contributed by atoms with Gasteiger partial charge in [-0.2, -0.15) is 0 Å². The molecule has 0 radical (unpaired) electrons. The van der Waals surface area contributed by atoms with E-state index in [0.717, 1.165) is 6.07 Å². The summed E-state index contributed by atoms with van der Waals surface area (Å²) < 4.78 is 0. The summed E-state index contributed by atoms with van der Waals surface area (Å²) in [7, 11) is 0. The van der Waals surface area contributed by atoms with E-state index in [0.29, 0.717) is 6.54 Å². The Balaban J connectivity index is 2.61. The highest BCUT2D eigenvalue weighted by Gasteiger charge is 2.12. The topological polar surface area (TPSA) is 98.7 Å². The standard InChI is InChI=1S/C11H14N2O4/c1-2-12-10(16)6-13-11(17)8-4-3-7(14)5-9(8)15/h3-5,14-15H,2,6H2,1H3,(H,12,16)(H,13,17). The van der Waals surface area contributed by atoms with Crippen LogP contribution in [0.3, 0.4) is 0 Å². The molecule has 6 heteroatoms. The quantitative estimate of drug-likeness (QED) is 0.591. The Bertz CT molecular complexity index is 431. The van der Waals surface area contributed by atoms with Crippen LogP contribution in [0, 0.1) is 0 Å². The average Bonchev–Trinajstić information content (AvgIpc) is 2.26. The second kappa shape index (κ2) is 5.74. The van der Waals surface area contributed by atoms with Crippen molar-refractivity contribution in [1.82, 2.24) is 10.6 Å².